The Morgan fingerprint density at radius 1 is 0.720 bits per heavy atom. The van der Waals surface area contributed by atoms with Gasteiger partial charge in [-0.05, 0) is 57.9 Å². The molecule has 1 N–H and O–H groups in total. The van der Waals surface area contributed by atoms with Crippen molar-refractivity contribution in [2.24, 2.45) is 0 Å². The van der Waals surface area contributed by atoms with Crippen LogP contribution in [0.3, 0.4) is 0 Å². The molecule has 0 fully saturated rings. The number of hydrogen-bond donors (Lipinski definition) is 1. The summed E-state index contributed by atoms with van der Waals surface area (Å²) >= 11 is 0. The van der Waals surface area contributed by atoms with Gasteiger partial charge in [0.05, 0.1) is 11.4 Å². The lowest BCUT2D eigenvalue weighted by Gasteiger charge is -2.34. The van der Waals surface area contributed by atoms with Crippen LogP contribution < -0.4 is 10.1 Å². The maximum Gasteiger partial charge on any atom is 0.205 e. The van der Waals surface area contributed by atoms with Gasteiger partial charge in [-0.15, -0.1) is 15.0 Å². The van der Waals surface area contributed by atoms with Crippen molar-refractivity contribution in [1.82, 2.24) is 25.2 Å². The van der Waals surface area contributed by atoms with Gasteiger partial charge in [0.15, 0.2) is 5.54 Å². The molecule has 0 unspecified atom stereocenters. The summed E-state index contributed by atoms with van der Waals surface area (Å²) < 4.78 is 6.38. The number of rotatable bonds is 10. The number of nitrogens with one attached hydrogen (secondary N) is 1. The van der Waals surface area contributed by atoms with E-state index in [-0.39, 0.29) is 0 Å². The van der Waals surface area contributed by atoms with Crippen LogP contribution in [0.1, 0.15) is 47.0 Å². The summed E-state index contributed by atoms with van der Waals surface area (Å²) in [6, 6.07) is 50.1. The van der Waals surface area contributed by atoms with Gasteiger partial charge in [0.2, 0.25) is 5.82 Å². The lowest BCUT2D eigenvalue weighted by Crippen LogP contribution is -2.39. The van der Waals surface area contributed by atoms with Gasteiger partial charge in [0.1, 0.15) is 12.4 Å². The van der Waals surface area contributed by atoms with Crippen LogP contribution in [0.5, 0.6) is 5.75 Å². The molecule has 8 rings (SSSR count). The smallest absolute Gasteiger partial charge is 0.205 e. The molecule has 0 atom stereocenters. The number of benzene rings is 5. The van der Waals surface area contributed by atoms with Crippen LogP contribution in [0, 0.1) is 0 Å². The SMILES string of the molecule is CCc1cc(OCc2ccc(-c3ccccc3-c3nnn(C(c4ccccc4)(c4ccccc4)c4ccccc4)n3)cc2)c2c(n1)CCCN2. The summed E-state index contributed by atoms with van der Waals surface area (Å²) in [4.78, 5) is 6.60. The molecule has 2 aromatic heterocycles. The Hall–Kier alpha value is -6.08. The molecule has 7 aromatic rings. The zero-order valence-electron chi connectivity index (χ0n) is 28.0. The number of fused-ring (bicyclic) bond motifs is 1. The van der Waals surface area contributed by atoms with Crippen LogP contribution in [0.25, 0.3) is 22.5 Å². The van der Waals surface area contributed by atoms with Crippen LogP contribution in [0.15, 0.2) is 146 Å². The highest BCUT2D eigenvalue weighted by Crippen LogP contribution is 2.40. The topological polar surface area (TPSA) is 77.8 Å². The zero-order chi connectivity index (χ0) is 33.8. The summed E-state index contributed by atoms with van der Waals surface area (Å²) in [7, 11) is 0. The predicted molar refractivity (Wildman–Crippen MR) is 198 cm³/mol. The second-order valence-electron chi connectivity index (χ2n) is 12.6. The highest BCUT2D eigenvalue weighted by molar-refractivity contribution is 5.80. The standard InChI is InChI=1S/C43H38N6O/c1-2-36-29-40(41-39(45-36)23-14-28-44-41)50-30-31-24-26-32(27-25-31)37-21-12-13-22-38(37)42-46-48-49(47-42)43(33-15-6-3-7-16-33,34-17-8-4-9-18-34)35-19-10-5-11-20-35/h3-13,15-22,24-27,29,44H,2,14,23,28,30H2,1H3. The lowest BCUT2D eigenvalue weighted by molar-refractivity contribution is 0.306. The maximum atomic E-state index is 6.38. The third-order valence-electron chi connectivity index (χ3n) is 9.48. The first-order valence-corrected chi connectivity index (χ1v) is 17.3. The van der Waals surface area contributed by atoms with E-state index in [0.717, 1.165) is 87.6 Å². The van der Waals surface area contributed by atoms with E-state index in [2.05, 4.69) is 128 Å². The molecule has 0 bridgehead atoms. The molecule has 0 saturated heterocycles. The summed E-state index contributed by atoms with van der Waals surface area (Å²) in [5.74, 6) is 1.44. The minimum absolute atomic E-state index is 0.472. The zero-order valence-corrected chi connectivity index (χ0v) is 28.0. The van der Waals surface area contributed by atoms with Gasteiger partial charge in [-0.2, -0.15) is 0 Å². The van der Waals surface area contributed by atoms with Crippen LogP contribution in [0.2, 0.25) is 0 Å². The number of aryl methyl sites for hydroxylation is 2. The van der Waals surface area contributed by atoms with E-state index in [1.54, 1.807) is 4.80 Å². The number of hydrogen-bond acceptors (Lipinski definition) is 6. The molecule has 0 aliphatic carbocycles. The molecule has 0 amide bonds. The Labute approximate surface area is 292 Å². The molecule has 1 aliphatic rings. The molecule has 0 saturated carbocycles. The number of tetrazole rings is 1. The van der Waals surface area contributed by atoms with Crippen molar-refractivity contribution in [3.05, 3.63) is 179 Å². The molecule has 0 radical (unpaired) electrons. The van der Waals surface area contributed by atoms with Gasteiger partial charge in [-0.1, -0.05) is 146 Å². The lowest BCUT2D eigenvalue weighted by atomic mass is 9.77. The summed E-state index contributed by atoms with van der Waals surface area (Å²) in [6.07, 6.45) is 2.95. The Balaban J connectivity index is 1.13. The van der Waals surface area contributed by atoms with Gasteiger partial charge < -0.3 is 10.1 Å². The Morgan fingerprint density at radius 3 is 1.94 bits per heavy atom. The Kier molecular flexibility index (Phi) is 8.61. The Morgan fingerprint density at radius 2 is 1.32 bits per heavy atom. The van der Waals surface area contributed by atoms with E-state index in [1.165, 1.54) is 0 Å². The molecule has 0 spiro atoms. The minimum Gasteiger partial charge on any atom is -0.487 e. The number of nitrogens with zero attached hydrogens (tertiary/aromatic N) is 5. The molecule has 1 aliphatic heterocycles. The first kappa shape index (κ1) is 31.2. The molecular formula is C43H38N6O. The number of aromatic nitrogens is 5. The first-order chi connectivity index (χ1) is 24.7. The summed E-state index contributed by atoms with van der Waals surface area (Å²) in [6.45, 7) is 3.55. The van der Waals surface area contributed by atoms with Crippen molar-refractivity contribution >= 4 is 5.69 Å². The molecule has 50 heavy (non-hydrogen) atoms. The normalized spacial score (nSPS) is 12.6. The van der Waals surface area contributed by atoms with E-state index in [0.29, 0.717) is 12.4 Å². The molecule has 5 aromatic carbocycles. The van der Waals surface area contributed by atoms with Crippen LogP contribution in [-0.4, -0.2) is 31.7 Å². The predicted octanol–water partition coefficient (Wildman–Crippen LogP) is 8.74. The van der Waals surface area contributed by atoms with Crippen LogP contribution in [0.4, 0.5) is 5.69 Å². The first-order valence-electron chi connectivity index (χ1n) is 17.3. The number of anilines is 1. The summed E-state index contributed by atoms with van der Waals surface area (Å²) in [5, 5.41) is 18.1. The van der Waals surface area contributed by atoms with E-state index < -0.39 is 5.54 Å². The molecule has 7 nitrogen and oxygen atoms in total. The fraction of sp³-hybridized carbons (Fsp3) is 0.163. The molecule has 7 heteroatoms. The van der Waals surface area contributed by atoms with Crippen LogP contribution in [-0.2, 0) is 25.0 Å². The molecule has 246 valence electrons. The second-order valence-corrected chi connectivity index (χ2v) is 12.6. The van der Waals surface area contributed by atoms with Crippen molar-refractivity contribution in [3.63, 3.8) is 0 Å². The van der Waals surface area contributed by atoms with Crippen molar-refractivity contribution in [1.29, 1.82) is 0 Å². The minimum atomic E-state index is -0.840. The fourth-order valence-corrected chi connectivity index (χ4v) is 6.98. The average molecular weight is 655 g/mol. The van der Waals surface area contributed by atoms with Crippen molar-refractivity contribution < 1.29 is 4.74 Å². The maximum absolute atomic E-state index is 6.38. The van der Waals surface area contributed by atoms with E-state index in [1.807, 2.05) is 30.3 Å². The van der Waals surface area contributed by atoms with Gasteiger partial charge in [0.25, 0.3) is 0 Å². The van der Waals surface area contributed by atoms with Gasteiger partial charge in [0, 0.05) is 23.9 Å². The largest absolute Gasteiger partial charge is 0.487 e. The van der Waals surface area contributed by atoms with Crippen molar-refractivity contribution in [2.75, 3.05) is 11.9 Å². The third-order valence-corrected chi connectivity index (χ3v) is 9.48. The van der Waals surface area contributed by atoms with Gasteiger partial charge in [-0.3, -0.25) is 4.98 Å². The van der Waals surface area contributed by atoms with Crippen molar-refractivity contribution in [3.8, 4) is 28.3 Å². The number of ether oxygens (including phenoxy) is 1. The second kappa shape index (κ2) is 13.8. The monoisotopic (exact) mass is 654 g/mol. The highest BCUT2D eigenvalue weighted by Gasteiger charge is 2.41. The van der Waals surface area contributed by atoms with Gasteiger partial charge >= 0.3 is 0 Å². The highest BCUT2D eigenvalue weighted by atomic mass is 16.5. The van der Waals surface area contributed by atoms with E-state index >= 15 is 0 Å². The van der Waals surface area contributed by atoms with E-state index in [4.69, 9.17) is 25.1 Å². The van der Waals surface area contributed by atoms with E-state index in [9.17, 15) is 0 Å². The van der Waals surface area contributed by atoms with Crippen LogP contribution >= 0.6 is 0 Å². The number of pyridine rings is 1. The quantitative estimate of drug-likeness (QED) is 0.149. The average Bonchev–Trinajstić information content (AvgIpc) is 3.69. The fourth-order valence-electron chi connectivity index (χ4n) is 6.98. The Bertz CT molecular complexity index is 2100. The summed E-state index contributed by atoms with van der Waals surface area (Å²) in [5.41, 5.74) is 9.60. The van der Waals surface area contributed by atoms with Crippen molar-refractivity contribution in [2.45, 2.75) is 38.3 Å². The molecular weight excluding hydrogens is 617 g/mol. The molecule has 3 heterocycles. The van der Waals surface area contributed by atoms with Gasteiger partial charge in [-0.25, -0.2) is 0 Å². The third kappa shape index (κ3) is 5.81.